The molecule has 1 aromatic carbocycles. The second-order valence-electron chi connectivity index (χ2n) is 2.54. The summed E-state index contributed by atoms with van der Waals surface area (Å²) in [5.41, 5.74) is 0.895. The fraction of sp³-hybridized carbons (Fsp3) is 0.273. The average Bonchev–Trinajstić information content (AvgIpc) is 2.14. The van der Waals surface area contributed by atoms with Gasteiger partial charge in [0, 0.05) is 17.0 Å². The van der Waals surface area contributed by atoms with Crippen LogP contribution in [0.3, 0.4) is 0 Å². The summed E-state index contributed by atoms with van der Waals surface area (Å²) in [6.07, 6.45) is 0.842. The van der Waals surface area contributed by atoms with Gasteiger partial charge in [-0.15, -0.1) is 0 Å². The van der Waals surface area contributed by atoms with E-state index in [0.29, 0.717) is 5.02 Å². The smallest absolute Gasteiger partial charge is 0.121 e. The lowest BCUT2D eigenvalue weighted by molar-refractivity contribution is 0.414. The molecule has 0 heterocycles. The molecule has 0 saturated heterocycles. The Morgan fingerprint density at radius 2 is 2.15 bits per heavy atom. The van der Waals surface area contributed by atoms with Crippen molar-refractivity contribution in [3.63, 3.8) is 0 Å². The molecule has 1 aromatic rings. The third-order valence-corrected chi connectivity index (χ3v) is 1.73. The number of benzene rings is 1. The van der Waals surface area contributed by atoms with Crippen molar-refractivity contribution in [3.8, 4) is 17.6 Å². The van der Waals surface area contributed by atoms with Crippen molar-refractivity contribution >= 4 is 11.6 Å². The number of hydrogen-bond acceptors (Lipinski definition) is 1. The minimum atomic E-state index is 0.653. The highest BCUT2D eigenvalue weighted by Gasteiger charge is 1.96. The Morgan fingerprint density at radius 1 is 1.38 bits per heavy atom. The van der Waals surface area contributed by atoms with Crippen molar-refractivity contribution in [2.45, 2.75) is 13.3 Å². The molecule has 0 aliphatic carbocycles. The third-order valence-electron chi connectivity index (χ3n) is 1.52. The topological polar surface area (TPSA) is 9.23 Å². The maximum atomic E-state index is 5.86. The molecule has 1 nitrogen and oxygen atoms in total. The lowest BCUT2D eigenvalue weighted by Gasteiger charge is -2.00. The molecule has 0 aromatic heterocycles. The molecule has 1 rings (SSSR count). The van der Waals surface area contributed by atoms with Crippen molar-refractivity contribution in [3.05, 3.63) is 28.8 Å². The van der Waals surface area contributed by atoms with Gasteiger partial charge in [-0.1, -0.05) is 30.4 Å². The summed E-state index contributed by atoms with van der Waals surface area (Å²) in [5, 5.41) is 0.653. The minimum absolute atomic E-state index is 0.653. The summed E-state index contributed by atoms with van der Waals surface area (Å²) in [4.78, 5) is 0. The van der Waals surface area contributed by atoms with E-state index < -0.39 is 0 Å². The molecule has 13 heavy (non-hydrogen) atoms. The van der Waals surface area contributed by atoms with Gasteiger partial charge in [0.1, 0.15) is 5.75 Å². The van der Waals surface area contributed by atoms with Crippen LogP contribution in [0.2, 0.25) is 5.02 Å². The predicted octanol–water partition coefficient (Wildman–Crippen LogP) is 3.11. The molecule has 0 radical (unpaired) electrons. The van der Waals surface area contributed by atoms with Gasteiger partial charge in [-0.2, -0.15) is 0 Å². The molecule has 0 spiro atoms. The number of rotatable bonds is 1. The molecule has 0 atom stereocenters. The Bertz CT molecular complexity index is 347. The van der Waals surface area contributed by atoms with Gasteiger partial charge in [0.05, 0.1) is 7.11 Å². The van der Waals surface area contributed by atoms with Crippen molar-refractivity contribution in [2.24, 2.45) is 0 Å². The van der Waals surface area contributed by atoms with Gasteiger partial charge in [-0.05, 0) is 18.2 Å². The molecular weight excluding hydrogens is 184 g/mol. The molecular formula is C11H11ClO. The molecule has 0 aliphatic rings. The monoisotopic (exact) mass is 194 g/mol. The van der Waals surface area contributed by atoms with Gasteiger partial charge < -0.3 is 4.74 Å². The van der Waals surface area contributed by atoms with Crippen LogP contribution < -0.4 is 4.74 Å². The summed E-state index contributed by atoms with van der Waals surface area (Å²) in [5.74, 6) is 6.72. The van der Waals surface area contributed by atoms with Crippen LogP contribution >= 0.6 is 11.6 Å². The zero-order valence-corrected chi connectivity index (χ0v) is 8.48. The van der Waals surface area contributed by atoms with Crippen LogP contribution in [0, 0.1) is 11.8 Å². The van der Waals surface area contributed by atoms with E-state index in [0.717, 1.165) is 17.7 Å². The van der Waals surface area contributed by atoms with Crippen molar-refractivity contribution in [1.82, 2.24) is 0 Å². The standard InChI is InChI=1S/C11H11ClO/c1-3-4-5-9-6-10(12)8-11(7-9)13-2/h6-8H,3H2,1-2H3. The van der Waals surface area contributed by atoms with E-state index in [1.165, 1.54) is 0 Å². The summed E-state index contributed by atoms with van der Waals surface area (Å²) in [7, 11) is 1.61. The fourth-order valence-corrected chi connectivity index (χ4v) is 1.17. The van der Waals surface area contributed by atoms with Gasteiger partial charge in [0.25, 0.3) is 0 Å². The second kappa shape index (κ2) is 4.79. The number of hydrogen-bond donors (Lipinski definition) is 0. The van der Waals surface area contributed by atoms with Crippen LogP contribution in [-0.2, 0) is 0 Å². The average molecular weight is 195 g/mol. The van der Waals surface area contributed by atoms with Gasteiger partial charge in [0.2, 0.25) is 0 Å². The first kappa shape index (κ1) is 9.95. The van der Waals surface area contributed by atoms with Crippen LogP contribution in [0.15, 0.2) is 18.2 Å². The van der Waals surface area contributed by atoms with Crippen molar-refractivity contribution in [2.75, 3.05) is 7.11 Å². The quantitative estimate of drug-likeness (QED) is 0.625. The van der Waals surface area contributed by atoms with E-state index >= 15 is 0 Å². The summed E-state index contributed by atoms with van der Waals surface area (Å²) < 4.78 is 5.06. The summed E-state index contributed by atoms with van der Waals surface area (Å²) in [6, 6.07) is 5.46. The highest BCUT2D eigenvalue weighted by Crippen LogP contribution is 2.19. The first-order valence-electron chi connectivity index (χ1n) is 4.09. The molecule has 0 saturated carbocycles. The molecule has 68 valence electrons. The van der Waals surface area contributed by atoms with Crippen LogP contribution in [0.5, 0.6) is 5.75 Å². The predicted molar refractivity (Wildman–Crippen MR) is 55.2 cm³/mol. The Hall–Kier alpha value is -1.13. The van der Waals surface area contributed by atoms with E-state index in [-0.39, 0.29) is 0 Å². The van der Waals surface area contributed by atoms with Crippen molar-refractivity contribution in [1.29, 1.82) is 0 Å². The summed E-state index contributed by atoms with van der Waals surface area (Å²) in [6.45, 7) is 2.01. The highest BCUT2D eigenvalue weighted by molar-refractivity contribution is 6.30. The fourth-order valence-electron chi connectivity index (χ4n) is 0.943. The second-order valence-corrected chi connectivity index (χ2v) is 2.97. The molecule has 0 fully saturated rings. The zero-order chi connectivity index (χ0) is 9.68. The zero-order valence-electron chi connectivity index (χ0n) is 7.73. The van der Waals surface area contributed by atoms with Gasteiger partial charge >= 0.3 is 0 Å². The largest absolute Gasteiger partial charge is 0.497 e. The minimum Gasteiger partial charge on any atom is -0.497 e. The molecule has 2 heteroatoms. The molecule has 0 amide bonds. The van der Waals surface area contributed by atoms with E-state index in [4.69, 9.17) is 16.3 Å². The van der Waals surface area contributed by atoms with E-state index in [1.807, 2.05) is 19.1 Å². The van der Waals surface area contributed by atoms with E-state index in [9.17, 15) is 0 Å². The number of halogens is 1. The lowest BCUT2D eigenvalue weighted by atomic mass is 10.2. The molecule has 0 N–H and O–H groups in total. The Labute approximate surface area is 83.7 Å². The Balaban J connectivity index is 3.01. The van der Waals surface area contributed by atoms with Crippen LogP contribution in [0.4, 0.5) is 0 Å². The maximum absolute atomic E-state index is 5.86. The van der Waals surface area contributed by atoms with Gasteiger partial charge in [-0.25, -0.2) is 0 Å². The molecule has 0 aliphatic heterocycles. The van der Waals surface area contributed by atoms with Crippen LogP contribution in [0.1, 0.15) is 18.9 Å². The SMILES string of the molecule is CCC#Cc1cc(Cl)cc(OC)c1. The normalized spacial score (nSPS) is 8.85. The molecule has 0 bridgehead atoms. The van der Waals surface area contributed by atoms with E-state index in [2.05, 4.69) is 11.8 Å². The van der Waals surface area contributed by atoms with Crippen LogP contribution in [0.25, 0.3) is 0 Å². The van der Waals surface area contributed by atoms with Crippen LogP contribution in [-0.4, -0.2) is 7.11 Å². The third kappa shape index (κ3) is 3.01. The Kier molecular flexibility index (Phi) is 3.67. The van der Waals surface area contributed by atoms with Crippen molar-refractivity contribution < 1.29 is 4.74 Å². The number of methoxy groups -OCH3 is 1. The lowest BCUT2D eigenvalue weighted by Crippen LogP contribution is -1.84. The summed E-state index contributed by atoms with van der Waals surface area (Å²) >= 11 is 5.86. The first-order chi connectivity index (χ1) is 6.26. The first-order valence-corrected chi connectivity index (χ1v) is 4.47. The maximum Gasteiger partial charge on any atom is 0.121 e. The van der Waals surface area contributed by atoms with E-state index in [1.54, 1.807) is 13.2 Å². The molecule has 0 unspecified atom stereocenters. The number of ether oxygens (including phenoxy) is 1. The Morgan fingerprint density at radius 3 is 2.77 bits per heavy atom. The highest BCUT2D eigenvalue weighted by atomic mass is 35.5. The van der Waals surface area contributed by atoms with Gasteiger partial charge in [-0.3, -0.25) is 0 Å². The van der Waals surface area contributed by atoms with Gasteiger partial charge in [0.15, 0.2) is 0 Å².